The van der Waals surface area contributed by atoms with Crippen molar-refractivity contribution in [3.63, 3.8) is 0 Å². The highest BCUT2D eigenvalue weighted by atomic mass is 19.3. The van der Waals surface area contributed by atoms with Gasteiger partial charge in [-0.05, 0) is 12.1 Å². The predicted molar refractivity (Wildman–Crippen MR) is 56.6 cm³/mol. The molecular weight excluding hydrogens is 348 g/mol. The molecule has 1 N–H and O–H groups in total. The average molecular weight is 354 g/mol. The zero-order chi connectivity index (χ0) is 18.0. The molecule has 0 aliphatic rings. The van der Waals surface area contributed by atoms with Crippen molar-refractivity contribution >= 4 is 5.97 Å². The summed E-state index contributed by atoms with van der Waals surface area (Å²) in [5.41, 5.74) is -0.993. The Labute approximate surface area is 122 Å². The Morgan fingerprint density at radius 1 is 0.870 bits per heavy atom. The van der Waals surface area contributed by atoms with Crippen molar-refractivity contribution in [2.45, 2.75) is 25.1 Å². The molecule has 0 radical (unpaired) electrons. The van der Waals surface area contributed by atoms with E-state index in [0.717, 1.165) is 0 Å². The zero-order valence-electron chi connectivity index (χ0n) is 10.6. The summed E-state index contributed by atoms with van der Waals surface area (Å²) in [7, 11) is 0. The molecule has 0 atom stereocenters. The Morgan fingerprint density at radius 2 is 1.22 bits per heavy atom. The van der Waals surface area contributed by atoms with Crippen LogP contribution in [0.4, 0.5) is 35.1 Å². The van der Waals surface area contributed by atoms with Gasteiger partial charge >= 0.3 is 31.0 Å². The van der Waals surface area contributed by atoms with E-state index >= 15 is 0 Å². The van der Waals surface area contributed by atoms with Crippen molar-refractivity contribution in [1.29, 1.82) is 0 Å². The number of benzene rings is 1. The minimum atomic E-state index is -5.07. The van der Waals surface area contributed by atoms with E-state index in [1.54, 1.807) is 0 Å². The SMILES string of the molecule is O=C(O)c1cc(OC(F)(F)C(F)F)cc(OC(F)(F)C(F)F)c1. The molecule has 0 amide bonds. The number of carbonyl (C=O) groups is 1. The number of aromatic carboxylic acids is 1. The van der Waals surface area contributed by atoms with Gasteiger partial charge in [0.2, 0.25) is 0 Å². The quantitative estimate of drug-likeness (QED) is 0.756. The van der Waals surface area contributed by atoms with Gasteiger partial charge in [0.25, 0.3) is 0 Å². The Kier molecular flexibility index (Phi) is 5.28. The van der Waals surface area contributed by atoms with E-state index in [0.29, 0.717) is 12.1 Å². The molecule has 4 nitrogen and oxygen atoms in total. The summed E-state index contributed by atoms with van der Waals surface area (Å²) in [5.74, 6) is -4.45. The summed E-state index contributed by atoms with van der Waals surface area (Å²) in [6, 6.07) is 0.733. The van der Waals surface area contributed by atoms with Crippen molar-refractivity contribution in [2.24, 2.45) is 0 Å². The molecule has 0 saturated heterocycles. The second-order valence-electron chi connectivity index (χ2n) is 3.93. The minimum Gasteiger partial charge on any atom is -0.478 e. The van der Waals surface area contributed by atoms with Gasteiger partial charge in [-0.15, -0.1) is 0 Å². The van der Waals surface area contributed by atoms with E-state index in [-0.39, 0.29) is 6.07 Å². The summed E-state index contributed by atoms with van der Waals surface area (Å²) >= 11 is 0. The summed E-state index contributed by atoms with van der Waals surface area (Å²) < 4.78 is 106. The van der Waals surface area contributed by atoms with E-state index in [2.05, 4.69) is 9.47 Å². The van der Waals surface area contributed by atoms with Crippen LogP contribution < -0.4 is 9.47 Å². The average Bonchev–Trinajstić information content (AvgIpc) is 2.36. The molecule has 0 aliphatic carbocycles. The Morgan fingerprint density at radius 3 is 1.48 bits per heavy atom. The third-order valence-electron chi connectivity index (χ3n) is 2.14. The highest BCUT2D eigenvalue weighted by molar-refractivity contribution is 5.88. The fourth-order valence-electron chi connectivity index (χ4n) is 1.22. The maximum atomic E-state index is 12.7. The molecule has 130 valence electrons. The molecule has 0 unspecified atom stereocenters. The normalized spacial score (nSPS) is 12.6. The molecule has 23 heavy (non-hydrogen) atoms. The number of ether oxygens (including phenoxy) is 2. The van der Waals surface area contributed by atoms with Gasteiger partial charge in [0.05, 0.1) is 5.56 Å². The van der Waals surface area contributed by atoms with Gasteiger partial charge in [-0.3, -0.25) is 0 Å². The Hall–Kier alpha value is -2.27. The molecule has 0 aromatic heterocycles. The first-order chi connectivity index (χ1) is 10.3. The van der Waals surface area contributed by atoms with Crippen LogP contribution >= 0.6 is 0 Å². The Bertz CT molecular complexity index is 535. The van der Waals surface area contributed by atoms with E-state index in [1.165, 1.54) is 0 Å². The van der Waals surface area contributed by atoms with Gasteiger partial charge in [-0.25, -0.2) is 4.79 Å². The maximum Gasteiger partial charge on any atom is 0.461 e. The molecule has 0 spiro atoms. The molecule has 0 heterocycles. The zero-order valence-corrected chi connectivity index (χ0v) is 10.6. The fourth-order valence-corrected chi connectivity index (χ4v) is 1.22. The lowest BCUT2D eigenvalue weighted by molar-refractivity contribution is -0.255. The predicted octanol–water partition coefficient (Wildman–Crippen LogP) is 3.86. The van der Waals surface area contributed by atoms with Gasteiger partial charge in [-0.2, -0.15) is 35.1 Å². The van der Waals surface area contributed by atoms with Gasteiger partial charge in [0, 0.05) is 6.07 Å². The van der Waals surface area contributed by atoms with E-state index in [4.69, 9.17) is 5.11 Å². The van der Waals surface area contributed by atoms with Crippen molar-refractivity contribution in [3.8, 4) is 11.5 Å². The number of hydrogen-bond acceptors (Lipinski definition) is 3. The van der Waals surface area contributed by atoms with Crippen molar-refractivity contribution < 1.29 is 54.5 Å². The van der Waals surface area contributed by atoms with Crippen LogP contribution in [0, 0.1) is 0 Å². The number of hydrogen-bond donors (Lipinski definition) is 1. The first-order valence-corrected chi connectivity index (χ1v) is 5.43. The van der Waals surface area contributed by atoms with E-state index in [1.807, 2.05) is 0 Å². The topological polar surface area (TPSA) is 55.8 Å². The third kappa shape index (κ3) is 4.86. The van der Waals surface area contributed by atoms with Crippen LogP contribution in [0.1, 0.15) is 10.4 Å². The minimum absolute atomic E-state index is 0.138. The van der Waals surface area contributed by atoms with Gasteiger partial charge in [0.1, 0.15) is 11.5 Å². The molecule has 0 saturated carbocycles. The molecule has 1 rings (SSSR count). The van der Waals surface area contributed by atoms with E-state index in [9.17, 15) is 39.9 Å². The standard InChI is InChI=1S/C11H6F8O4/c12-8(13)10(16,17)22-5-1-4(7(20)21)2-6(3-5)23-11(18,19)9(14)15/h1-3,8-9H,(H,20,21). The summed E-state index contributed by atoms with van der Waals surface area (Å²) in [6.45, 7) is 0. The monoisotopic (exact) mass is 354 g/mol. The van der Waals surface area contributed by atoms with Crippen LogP contribution in [0.3, 0.4) is 0 Å². The second kappa shape index (κ2) is 6.46. The Balaban J connectivity index is 3.21. The number of carboxylic acid groups (broad SMARTS) is 1. The van der Waals surface area contributed by atoms with Crippen LogP contribution in [0.15, 0.2) is 18.2 Å². The molecule has 1 aromatic carbocycles. The maximum absolute atomic E-state index is 12.7. The first kappa shape index (κ1) is 18.8. The van der Waals surface area contributed by atoms with Gasteiger partial charge in [-0.1, -0.05) is 0 Å². The van der Waals surface area contributed by atoms with Crippen LogP contribution in [0.25, 0.3) is 0 Å². The van der Waals surface area contributed by atoms with Crippen LogP contribution in [0.5, 0.6) is 11.5 Å². The third-order valence-corrected chi connectivity index (χ3v) is 2.14. The molecule has 0 fully saturated rings. The van der Waals surface area contributed by atoms with Crippen LogP contribution in [0.2, 0.25) is 0 Å². The van der Waals surface area contributed by atoms with Crippen LogP contribution in [-0.4, -0.2) is 36.1 Å². The molecular formula is C11H6F8O4. The smallest absolute Gasteiger partial charge is 0.461 e. The lowest BCUT2D eigenvalue weighted by Gasteiger charge is -2.20. The first-order valence-electron chi connectivity index (χ1n) is 5.43. The van der Waals surface area contributed by atoms with Gasteiger partial charge in [0.15, 0.2) is 0 Å². The van der Waals surface area contributed by atoms with Gasteiger partial charge < -0.3 is 14.6 Å². The molecule has 1 aromatic rings. The van der Waals surface area contributed by atoms with Crippen molar-refractivity contribution in [2.75, 3.05) is 0 Å². The molecule has 0 aliphatic heterocycles. The molecule has 12 heteroatoms. The van der Waals surface area contributed by atoms with E-state index < -0.39 is 48.1 Å². The second-order valence-corrected chi connectivity index (χ2v) is 3.93. The summed E-state index contributed by atoms with van der Waals surface area (Å²) in [4.78, 5) is 10.7. The highest BCUT2D eigenvalue weighted by Crippen LogP contribution is 2.34. The number of alkyl halides is 8. The number of halogens is 8. The lowest BCUT2D eigenvalue weighted by Crippen LogP contribution is -2.34. The number of rotatable bonds is 7. The molecule has 0 bridgehead atoms. The highest BCUT2D eigenvalue weighted by Gasteiger charge is 2.45. The van der Waals surface area contributed by atoms with Crippen molar-refractivity contribution in [3.05, 3.63) is 23.8 Å². The number of carboxylic acids is 1. The summed E-state index contributed by atoms with van der Waals surface area (Å²) in [5, 5.41) is 8.67. The fraction of sp³-hybridized carbons (Fsp3) is 0.364. The largest absolute Gasteiger partial charge is 0.478 e. The van der Waals surface area contributed by atoms with Crippen LogP contribution in [-0.2, 0) is 0 Å². The van der Waals surface area contributed by atoms with Crippen molar-refractivity contribution in [1.82, 2.24) is 0 Å². The lowest BCUT2D eigenvalue weighted by atomic mass is 10.2. The summed E-state index contributed by atoms with van der Waals surface area (Å²) in [6.07, 6.45) is -18.8.